The summed E-state index contributed by atoms with van der Waals surface area (Å²) in [6, 6.07) is 14.8. The van der Waals surface area contributed by atoms with Crippen molar-refractivity contribution in [3.05, 3.63) is 75.8 Å². The second-order valence-electron chi connectivity index (χ2n) is 8.16. The fraction of sp³-hybridized carbons (Fsp3) is 0.375. The number of thiophene rings is 1. The first-order valence-corrected chi connectivity index (χ1v) is 11.0. The van der Waals surface area contributed by atoms with Crippen LogP contribution in [0.5, 0.6) is 0 Å². The van der Waals surface area contributed by atoms with Crippen LogP contribution < -0.4 is 0 Å². The van der Waals surface area contributed by atoms with Crippen molar-refractivity contribution in [1.82, 2.24) is 4.98 Å². The van der Waals surface area contributed by atoms with E-state index < -0.39 is 11.9 Å². The second kappa shape index (κ2) is 7.33. The lowest BCUT2D eigenvalue weighted by atomic mass is 9.89. The van der Waals surface area contributed by atoms with Crippen molar-refractivity contribution in [1.29, 1.82) is 0 Å². The molecule has 0 bridgehead atoms. The van der Waals surface area contributed by atoms with Crippen molar-refractivity contribution >= 4 is 11.3 Å². The highest BCUT2D eigenvalue weighted by Crippen LogP contribution is 2.46. The van der Waals surface area contributed by atoms with Crippen LogP contribution in [0.4, 0.5) is 0 Å². The van der Waals surface area contributed by atoms with Crippen LogP contribution in [-0.4, -0.2) is 22.3 Å². The highest BCUT2D eigenvalue weighted by Gasteiger charge is 2.47. The van der Waals surface area contributed by atoms with E-state index in [2.05, 4.69) is 36.2 Å². The SMILES string of the molecule is Cc1cc2c(cc1Cc1ccc(-c3ccccn3)s1)[C@]1(CC(O)CC(C)O1)OC2. The van der Waals surface area contributed by atoms with E-state index in [1.165, 1.54) is 26.4 Å². The van der Waals surface area contributed by atoms with Crippen molar-refractivity contribution in [2.45, 2.75) is 57.7 Å². The van der Waals surface area contributed by atoms with Gasteiger partial charge in [0.25, 0.3) is 0 Å². The lowest BCUT2D eigenvalue weighted by molar-refractivity contribution is -0.295. The minimum Gasteiger partial charge on any atom is -0.393 e. The Balaban J connectivity index is 1.45. The fourth-order valence-electron chi connectivity index (χ4n) is 4.52. The smallest absolute Gasteiger partial charge is 0.198 e. The van der Waals surface area contributed by atoms with Crippen molar-refractivity contribution in [2.75, 3.05) is 0 Å². The Bertz CT molecular complexity index is 1020. The highest BCUT2D eigenvalue weighted by atomic mass is 32.1. The van der Waals surface area contributed by atoms with E-state index in [9.17, 15) is 5.11 Å². The number of aryl methyl sites for hydroxylation is 1. The van der Waals surface area contributed by atoms with Gasteiger partial charge < -0.3 is 14.6 Å². The number of pyridine rings is 1. The Hall–Kier alpha value is -2.05. The number of hydrogen-bond acceptors (Lipinski definition) is 5. The normalized spacial score (nSPS) is 26.0. The number of benzene rings is 1. The van der Waals surface area contributed by atoms with Gasteiger partial charge in [0.2, 0.25) is 0 Å². The van der Waals surface area contributed by atoms with E-state index in [1.807, 2.05) is 31.3 Å². The molecule has 5 rings (SSSR count). The molecule has 1 saturated heterocycles. The topological polar surface area (TPSA) is 51.6 Å². The third-order valence-electron chi connectivity index (χ3n) is 5.88. The number of aliphatic hydroxyl groups is 1. The van der Waals surface area contributed by atoms with Crippen LogP contribution >= 0.6 is 11.3 Å². The van der Waals surface area contributed by atoms with Crippen molar-refractivity contribution in [3.8, 4) is 10.6 Å². The molecule has 0 radical (unpaired) electrons. The minimum atomic E-state index is -0.802. The molecule has 1 aromatic carbocycles. The Morgan fingerprint density at radius 2 is 2.14 bits per heavy atom. The molecular formula is C24H25NO3S. The molecule has 3 atom stereocenters. The maximum absolute atomic E-state index is 10.3. The fourth-order valence-corrected chi connectivity index (χ4v) is 5.53. The van der Waals surface area contributed by atoms with Crippen LogP contribution in [0.15, 0.2) is 48.7 Å². The van der Waals surface area contributed by atoms with Crippen LogP contribution in [0.3, 0.4) is 0 Å². The van der Waals surface area contributed by atoms with Gasteiger partial charge in [-0.15, -0.1) is 11.3 Å². The molecule has 4 nitrogen and oxygen atoms in total. The molecule has 2 unspecified atom stereocenters. The number of nitrogens with zero attached hydrogens (tertiary/aromatic N) is 1. The van der Waals surface area contributed by atoms with Gasteiger partial charge in [0, 0.05) is 29.5 Å². The molecule has 29 heavy (non-hydrogen) atoms. The summed E-state index contributed by atoms with van der Waals surface area (Å²) < 4.78 is 12.4. The number of aromatic nitrogens is 1. The molecular weight excluding hydrogens is 382 g/mol. The largest absolute Gasteiger partial charge is 0.393 e. The Labute approximate surface area is 175 Å². The average Bonchev–Trinajstić information content (AvgIpc) is 3.28. The number of rotatable bonds is 3. The molecule has 5 heteroatoms. The van der Waals surface area contributed by atoms with Gasteiger partial charge in [-0.1, -0.05) is 12.1 Å². The minimum absolute atomic E-state index is 0.0207. The molecule has 2 aromatic heterocycles. The summed E-state index contributed by atoms with van der Waals surface area (Å²) >= 11 is 1.79. The summed E-state index contributed by atoms with van der Waals surface area (Å²) in [7, 11) is 0. The van der Waals surface area contributed by atoms with E-state index in [4.69, 9.17) is 9.47 Å². The second-order valence-corrected chi connectivity index (χ2v) is 9.33. The zero-order chi connectivity index (χ0) is 20.0. The van der Waals surface area contributed by atoms with E-state index in [0.29, 0.717) is 19.4 Å². The van der Waals surface area contributed by atoms with Crippen molar-refractivity contribution in [3.63, 3.8) is 0 Å². The number of aliphatic hydroxyl groups excluding tert-OH is 1. The summed E-state index contributed by atoms with van der Waals surface area (Å²) in [4.78, 5) is 6.95. The molecule has 1 spiro atoms. The molecule has 2 aliphatic heterocycles. The van der Waals surface area contributed by atoms with Gasteiger partial charge in [-0.25, -0.2) is 0 Å². The predicted octanol–water partition coefficient (Wildman–Crippen LogP) is 4.95. The van der Waals surface area contributed by atoms with Gasteiger partial charge in [0.15, 0.2) is 5.79 Å². The van der Waals surface area contributed by atoms with Gasteiger partial charge in [-0.3, -0.25) is 4.98 Å². The lowest BCUT2D eigenvalue weighted by Gasteiger charge is -2.39. The Morgan fingerprint density at radius 3 is 2.93 bits per heavy atom. The number of fused-ring (bicyclic) bond motifs is 2. The first kappa shape index (κ1) is 18.9. The van der Waals surface area contributed by atoms with Crippen LogP contribution in [0, 0.1) is 6.92 Å². The summed E-state index contributed by atoms with van der Waals surface area (Å²) in [5.74, 6) is -0.802. The van der Waals surface area contributed by atoms with Gasteiger partial charge in [0.05, 0.1) is 29.4 Å². The maximum Gasteiger partial charge on any atom is 0.198 e. The zero-order valence-electron chi connectivity index (χ0n) is 16.7. The van der Waals surface area contributed by atoms with E-state index in [1.54, 1.807) is 11.3 Å². The van der Waals surface area contributed by atoms with Crippen molar-refractivity contribution < 1.29 is 14.6 Å². The Morgan fingerprint density at radius 1 is 1.24 bits per heavy atom. The summed E-state index contributed by atoms with van der Waals surface area (Å²) in [5, 5.41) is 10.3. The third kappa shape index (κ3) is 3.53. The zero-order valence-corrected chi connectivity index (χ0v) is 17.5. The first-order chi connectivity index (χ1) is 14.0. The van der Waals surface area contributed by atoms with Gasteiger partial charge in [0.1, 0.15) is 0 Å². The molecule has 3 aromatic rings. The quantitative estimate of drug-likeness (QED) is 0.667. The lowest BCUT2D eigenvalue weighted by Crippen LogP contribution is -2.43. The maximum atomic E-state index is 10.3. The summed E-state index contributed by atoms with van der Waals surface area (Å²) in [5.41, 5.74) is 5.82. The standard InChI is InChI=1S/C24H25NO3S/c1-15-9-18-14-27-24(13-19(26)10-16(2)28-24)21(18)12-17(15)11-20-6-7-23(29-20)22-5-3-4-8-25-22/h3-9,12,16,19,26H,10-11,13-14H2,1-2H3/t16?,19?,24-/m1/s1. The summed E-state index contributed by atoms with van der Waals surface area (Å²) in [6.07, 6.45) is 3.43. The number of hydrogen-bond donors (Lipinski definition) is 1. The van der Waals surface area contributed by atoms with E-state index in [-0.39, 0.29) is 6.10 Å². The molecule has 2 aliphatic rings. The van der Waals surface area contributed by atoms with Crippen molar-refractivity contribution in [2.24, 2.45) is 0 Å². The van der Waals surface area contributed by atoms with Gasteiger partial charge in [-0.2, -0.15) is 0 Å². The molecule has 4 heterocycles. The highest BCUT2D eigenvalue weighted by molar-refractivity contribution is 7.15. The Kier molecular flexibility index (Phi) is 4.79. The average molecular weight is 408 g/mol. The van der Waals surface area contributed by atoms with Crippen LogP contribution in [0.1, 0.15) is 46.9 Å². The molecule has 150 valence electrons. The number of ether oxygens (including phenoxy) is 2. The van der Waals surface area contributed by atoms with Crippen LogP contribution in [-0.2, 0) is 28.3 Å². The van der Waals surface area contributed by atoms with Crippen LogP contribution in [0.25, 0.3) is 10.6 Å². The summed E-state index contributed by atoms with van der Waals surface area (Å²) in [6.45, 7) is 4.71. The third-order valence-corrected chi connectivity index (χ3v) is 6.98. The molecule has 1 fully saturated rings. The monoisotopic (exact) mass is 407 g/mol. The van der Waals surface area contributed by atoms with Gasteiger partial charge in [-0.05, 0) is 67.3 Å². The molecule has 0 aliphatic carbocycles. The van der Waals surface area contributed by atoms with E-state index in [0.717, 1.165) is 17.7 Å². The van der Waals surface area contributed by atoms with E-state index >= 15 is 0 Å². The predicted molar refractivity (Wildman–Crippen MR) is 114 cm³/mol. The molecule has 0 amide bonds. The molecule has 1 N–H and O–H groups in total. The van der Waals surface area contributed by atoms with Gasteiger partial charge >= 0.3 is 0 Å². The molecule has 0 saturated carbocycles. The first-order valence-electron chi connectivity index (χ1n) is 10.2. The van der Waals surface area contributed by atoms with Crippen LogP contribution in [0.2, 0.25) is 0 Å².